The largest absolute Gasteiger partial charge is 0.389 e. The monoisotopic (exact) mass is 285 g/mol. The van der Waals surface area contributed by atoms with Gasteiger partial charge in [0.2, 0.25) is 0 Å². The number of allylic oxidation sites excluding steroid dienone is 3. The number of ether oxygens (including phenoxy) is 1. The van der Waals surface area contributed by atoms with Crippen LogP contribution < -0.4 is 5.73 Å². The standard InChI is InChI=1S/C16H28FNO2/c1-4-6-12(9-17)8-14(13-7-11(13)3)16(18)15(19)10-20-5-2/h6,8,11,13,15-16,19H,4-5,7,9-10,18H2,1-3H3/b12-6+,14-8+/t11-,13?,15?,16?/m0/s1. The molecule has 116 valence electrons. The van der Waals surface area contributed by atoms with Gasteiger partial charge in [0, 0.05) is 6.61 Å². The van der Waals surface area contributed by atoms with Gasteiger partial charge in [-0.25, -0.2) is 4.39 Å². The van der Waals surface area contributed by atoms with Crippen LogP contribution in [0.25, 0.3) is 0 Å². The summed E-state index contributed by atoms with van der Waals surface area (Å²) in [6.07, 6.45) is 4.83. The minimum Gasteiger partial charge on any atom is -0.389 e. The first-order valence-electron chi connectivity index (χ1n) is 7.52. The third-order valence-corrected chi connectivity index (χ3v) is 3.80. The highest BCUT2D eigenvalue weighted by Gasteiger charge is 2.39. The molecule has 0 aromatic rings. The molecule has 1 aliphatic rings. The molecule has 0 aromatic heterocycles. The number of hydrogen-bond donors (Lipinski definition) is 2. The molecule has 4 atom stereocenters. The van der Waals surface area contributed by atoms with E-state index in [2.05, 4.69) is 6.92 Å². The molecule has 0 heterocycles. The van der Waals surface area contributed by atoms with Gasteiger partial charge in [0.25, 0.3) is 0 Å². The highest BCUT2D eigenvalue weighted by Crippen LogP contribution is 2.45. The third kappa shape index (κ3) is 5.00. The van der Waals surface area contributed by atoms with Gasteiger partial charge >= 0.3 is 0 Å². The Morgan fingerprint density at radius 2 is 2.15 bits per heavy atom. The number of aliphatic hydroxyl groups is 1. The second kappa shape index (κ2) is 8.55. The molecule has 0 spiro atoms. The van der Waals surface area contributed by atoms with E-state index < -0.39 is 18.8 Å². The van der Waals surface area contributed by atoms with Crippen LogP contribution in [0.2, 0.25) is 0 Å². The van der Waals surface area contributed by atoms with Crippen LogP contribution in [0.15, 0.2) is 23.3 Å². The maximum absolute atomic E-state index is 13.0. The fourth-order valence-corrected chi connectivity index (χ4v) is 2.43. The van der Waals surface area contributed by atoms with Crippen molar-refractivity contribution in [2.75, 3.05) is 19.9 Å². The van der Waals surface area contributed by atoms with Crippen molar-refractivity contribution in [3.05, 3.63) is 23.3 Å². The molecule has 1 fully saturated rings. The maximum atomic E-state index is 13.0. The van der Waals surface area contributed by atoms with Gasteiger partial charge in [0.15, 0.2) is 0 Å². The zero-order valence-electron chi connectivity index (χ0n) is 12.8. The van der Waals surface area contributed by atoms with Crippen LogP contribution >= 0.6 is 0 Å². The average Bonchev–Trinajstić information content (AvgIpc) is 3.16. The van der Waals surface area contributed by atoms with Gasteiger partial charge in [-0.3, -0.25) is 0 Å². The van der Waals surface area contributed by atoms with Crippen LogP contribution in [-0.4, -0.2) is 37.1 Å². The summed E-state index contributed by atoms with van der Waals surface area (Å²) in [7, 11) is 0. The Kier molecular flexibility index (Phi) is 7.41. The van der Waals surface area contributed by atoms with Crippen LogP contribution in [-0.2, 0) is 4.74 Å². The molecule has 3 nitrogen and oxygen atoms in total. The van der Waals surface area contributed by atoms with E-state index in [1.807, 2.05) is 26.0 Å². The van der Waals surface area contributed by atoms with Crippen molar-refractivity contribution in [2.45, 2.75) is 45.8 Å². The van der Waals surface area contributed by atoms with E-state index in [0.29, 0.717) is 24.0 Å². The topological polar surface area (TPSA) is 55.5 Å². The first-order chi connectivity index (χ1) is 9.54. The molecule has 3 unspecified atom stereocenters. The van der Waals surface area contributed by atoms with Crippen molar-refractivity contribution < 1.29 is 14.2 Å². The zero-order chi connectivity index (χ0) is 15.1. The molecular weight excluding hydrogens is 257 g/mol. The van der Waals surface area contributed by atoms with Gasteiger partial charge in [0.1, 0.15) is 6.67 Å². The Labute approximate surface area is 121 Å². The third-order valence-electron chi connectivity index (χ3n) is 3.80. The van der Waals surface area contributed by atoms with Gasteiger partial charge in [-0.15, -0.1) is 0 Å². The van der Waals surface area contributed by atoms with Crippen molar-refractivity contribution >= 4 is 0 Å². The van der Waals surface area contributed by atoms with Crippen LogP contribution in [0.4, 0.5) is 4.39 Å². The van der Waals surface area contributed by atoms with Crippen molar-refractivity contribution in [3.63, 3.8) is 0 Å². The number of aliphatic hydroxyl groups excluding tert-OH is 1. The molecular formula is C16H28FNO2. The lowest BCUT2D eigenvalue weighted by Gasteiger charge is -2.22. The number of hydrogen-bond acceptors (Lipinski definition) is 3. The summed E-state index contributed by atoms with van der Waals surface area (Å²) in [5.74, 6) is 0.933. The number of halogens is 1. The summed E-state index contributed by atoms with van der Waals surface area (Å²) in [6.45, 7) is 6.29. The Hall–Kier alpha value is -0.710. The van der Waals surface area contributed by atoms with Crippen LogP contribution in [0, 0.1) is 11.8 Å². The summed E-state index contributed by atoms with van der Waals surface area (Å²) >= 11 is 0. The van der Waals surface area contributed by atoms with E-state index >= 15 is 0 Å². The quantitative estimate of drug-likeness (QED) is 0.640. The first-order valence-corrected chi connectivity index (χ1v) is 7.52. The fourth-order valence-electron chi connectivity index (χ4n) is 2.43. The molecule has 3 N–H and O–H groups in total. The van der Waals surface area contributed by atoms with Gasteiger partial charge in [0.05, 0.1) is 18.8 Å². The first kappa shape index (κ1) is 17.3. The highest BCUT2D eigenvalue weighted by atomic mass is 19.1. The zero-order valence-corrected chi connectivity index (χ0v) is 12.8. The number of nitrogens with two attached hydrogens (primary N) is 1. The van der Waals surface area contributed by atoms with Crippen LogP contribution in [0.5, 0.6) is 0 Å². The number of alkyl halides is 1. The summed E-state index contributed by atoms with van der Waals surface area (Å²) in [4.78, 5) is 0. The lowest BCUT2D eigenvalue weighted by Crippen LogP contribution is -2.40. The summed E-state index contributed by atoms with van der Waals surface area (Å²) in [6, 6.07) is -0.483. The Balaban J connectivity index is 2.83. The Bertz CT molecular complexity index is 354. The van der Waals surface area contributed by atoms with Crippen molar-refractivity contribution in [3.8, 4) is 0 Å². The molecule has 0 radical (unpaired) electrons. The van der Waals surface area contributed by atoms with Crippen molar-refractivity contribution in [2.24, 2.45) is 17.6 Å². The SMILES string of the molecule is CC/C=C(\C=C(\C(N)C(O)COCC)C1C[C@@H]1C)CF. The van der Waals surface area contributed by atoms with Gasteiger partial charge < -0.3 is 15.6 Å². The summed E-state index contributed by atoms with van der Waals surface area (Å²) in [5, 5.41) is 10.1. The Morgan fingerprint density at radius 3 is 2.60 bits per heavy atom. The molecule has 4 heteroatoms. The molecule has 20 heavy (non-hydrogen) atoms. The van der Waals surface area contributed by atoms with Gasteiger partial charge in [-0.1, -0.05) is 26.0 Å². The van der Waals surface area contributed by atoms with E-state index in [1.54, 1.807) is 0 Å². The van der Waals surface area contributed by atoms with E-state index in [9.17, 15) is 9.50 Å². The molecule has 0 amide bonds. The minimum atomic E-state index is -0.739. The molecule has 0 bridgehead atoms. The van der Waals surface area contributed by atoms with Gasteiger partial charge in [-0.2, -0.15) is 0 Å². The molecule has 0 aliphatic heterocycles. The molecule has 1 aliphatic carbocycles. The number of rotatable bonds is 9. The molecule has 1 saturated carbocycles. The lowest BCUT2D eigenvalue weighted by molar-refractivity contribution is 0.0337. The molecule has 0 aromatic carbocycles. The molecule has 0 saturated heterocycles. The second-order valence-electron chi connectivity index (χ2n) is 5.54. The highest BCUT2D eigenvalue weighted by molar-refractivity contribution is 5.32. The smallest absolute Gasteiger partial charge is 0.114 e. The lowest BCUT2D eigenvalue weighted by atomic mass is 9.95. The van der Waals surface area contributed by atoms with E-state index in [-0.39, 0.29) is 6.61 Å². The fraction of sp³-hybridized carbons (Fsp3) is 0.750. The predicted octanol–water partition coefficient (Wildman–Crippen LogP) is 2.60. The van der Waals surface area contributed by atoms with E-state index in [4.69, 9.17) is 10.5 Å². The van der Waals surface area contributed by atoms with E-state index in [1.165, 1.54) is 0 Å². The normalized spacial score (nSPS) is 26.5. The van der Waals surface area contributed by atoms with Crippen molar-refractivity contribution in [1.29, 1.82) is 0 Å². The summed E-state index contributed by atoms with van der Waals surface area (Å²) in [5.41, 5.74) is 7.77. The second-order valence-corrected chi connectivity index (χ2v) is 5.54. The van der Waals surface area contributed by atoms with E-state index in [0.717, 1.165) is 18.4 Å². The Morgan fingerprint density at radius 1 is 1.50 bits per heavy atom. The van der Waals surface area contributed by atoms with Crippen LogP contribution in [0.1, 0.15) is 33.6 Å². The predicted molar refractivity (Wildman–Crippen MR) is 80.2 cm³/mol. The van der Waals surface area contributed by atoms with Crippen molar-refractivity contribution in [1.82, 2.24) is 0 Å². The molecule has 1 rings (SSSR count). The maximum Gasteiger partial charge on any atom is 0.114 e. The summed E-state index contributed by atoms with van der Waals surface area (Å²) < 4.78 is 18.2. The minimum absolute atomic E-state index is 0.221. The van der Waals surface area contributed by atoms with Gasteiger partial charge in [-0.05, 0) is 42.7 Å². The van der Waals surface area contributed by atoms with Crippen LogP contribution in [0.3, 0.4) is 0 Å². The average molecular weight is 285 g/mol.